The largest absolute Gasteiger partial charge is 0.490 e. The fourth-order valence-electron chi connectivity index (χ4n) is 1.70. The van der Waals surface area contributed by atoms with Crippen molar-refractivity contribution >= 4 is 43.5 Å². The van der Waals surface area contributed by atoms with Gasteiger partial charge in [-0.25, -0.2) is 0 Å². The number of halogens is 4. The average molecular weight is 455 g/mol. The van der Waals surface area contributed by atoms with Crippen LogP contribution in [-0.2, 0) is 0 Å². The zero-order valence-electron chi connectivity index (χ0n) is 11.7. The lowest BCUT2D eigenvalue weighted by atomic mass is 10.2. The van der Waals surface area contributed by atoms with Gasteiger partial charge in [0.2, 0.25) is 0 Å². The molecular formula is C13H11Br2F2N3O3. The first kappa shape index (κ1) is 17.7. The van der Waals surface area contributed by atoms with Gasteiger partial charge >= 0.3 is 6.61 Å². The van der Waals surface area contributed by atoms with Gasteiger partial charge in [0.05, 0.1) is 11.1 Å². The Balaban J connectivity index is 2.21. The molecule has 0 aliphatic rings. The second-order valence-corrected chi connectivity index (χ2v) is 5.71. The second kappa shape index (κ2) is 7.73. The number of carbonyl (C=O) groups is 1. The van der Waals surface area contributed by atoms with E-state index in [1.54, 1.807) is 6.92 Å². The van der Waals surface area contributed by atoms with Crippen LogP contribution in [0, 0.1) is 0 Å². The lowest BCUT2D eigenvalue weighted by Gasteiger charge is -2.13. The van der Waals surface area contributed by atoms with Crippen LogP contribution in [0.25, 0.3) is 0 Å². The summed E-state index contributed by atoms with van der Waals surface area (Å²) >= 11 is 6.39. The Labute approximate surface area is 146 Å². The van der Waals surface area contributed by atoms with Gasteiger partial charge in [0.15, 0.2) is 17.2 Å². The van der Waals surface area contributed by atoms with Crippen molar-refractivity contribution < 1.29 is 23.0 Å². The molecule has 0 saturated carbocycles. The Morgan fingerprint density at radius 1 is 1.39 bits per heavy atom. The minimum absolute atomic E-state index is 0.105. The van der Waals surface area contributed by atoms with Gasteiger partial charge in [0.25, 0.3) is 5.91 Å². The maximum atomic E-state index is 12.4. The molecule has 0 bridgehead atoms. The summed E-state index contributed by atoms with van der Waals surface area (Å²) in [5, 5.41) is 9.03. The molecule has 0 saturated heterocycles. The SMILES string of the molecule is CCOc1cc(NC(=O)c2n[nH]c(Br)c2Br)ccc1OC(F)F. The van der Waals surface area contributed by atoms with Gasteiger partial charge in [0, 0.05) is 11.8 Å². The molecule has 1 aromatic heterocycles. The number of alkyl halides is 2. The zero-order chi connectivity index (χ0) is 17.0. The van der Waals surface area contributed by atoms with E-state index in [4.69, 9.17) is 4.74 Å². The highest BCUT2D eigenvalue weighted by Crippen LogP contribution is 2.32. The number of hydrogen-bond donors (Lipinski definition) is 2. The molecule has 0 radical (unpaired) electrons. The van der Waals surface area contributed by atoms with E-state index in [2.05, 4.69) is 52.1 Å². The van der Waals surface area contributed by atoms with E-state index in [0.717, 1.165) is 0 Å². The Bertz CT molecular complexity index is 710. The van der Waals surface area contributed by atoms with Gasteiger partial charge in [-0.1, -0.05) is 0 Å². The van der Waals surface area contributed by atoms with Crippen LogP contribution < -0.4 is 14.8 Å². The maximum absolute atomic E-state index is 12.4. The van der Waals surface area contributed by atoms with Crippen LogP contribution >= 0.6 is 31.9 Å². The van der Waals surface area contributed by atoms with E-state index >= 15 is 0 Å². The number of hydrogen-bond acceptors (Lipinski definition) is 4. The Hall–Kier alpha value is -1.68. The predicted octanol–water partition coefficient (Wildman–Crippen LogP) is 4.19. The highest BCUT2D eigenvalue weighted by atomic mass is 79.9. The van der Waals surface area contributed by atoms with Crippen LogP contribution in [0.15, 0.2) is 27.3 Å². The summed E-state index contributed by atoms with van der Waals surface area (Å²) in [4.78, 5) is 12.1. The number of rotatable bonds is 6. The number of benzene rings is 1. The molecule has 23 heavy (non-hydrogen) atoms. The molecule has 6 nitrogen and oxygen atoms in total. The monoisotopic (exact) mass is 453 g/mol. The summed E-state index contributed by atoms with van der Waals surface area (Å²) < 4.78 is 35.3. The molecule has 1 aromatic carbocycles. The molecule has 10 heteroatoms. The number of nitrogens with zero attached hydrogens (tertiary/aromatic N) is 1. The minimum atomic E-state index is -2.97. The summed E-state index contributed by atoms with van der Waals surface area (Å²) in [6.07, 6.45) is 0. The molecule has 1 amide bonds. The average Bonchev–Trinajstić information content (AvgIpc) is 2.81. The van der Waals surface area contributed by atoms with E-state index in [9.17, 15) is 13.6 Å². The molecule has 2 rings (SSSR count). The smallest absolute Gasteiger partial charge is 0.387 e. The van der Waals surface area contributed by atoms with Crippen LogP contribution in [0.2, 0.25) is 0 Å². The molecule has 124 valence electrons. The molecule has 2 N–H and O–H groups in total. The van der Waals surface area contributed by atoms with E-state index in [-0.39, 0.29) is 23.8 Å². The number of amides is 1. The molecular weight excluding hydrogens is 444 g/mol. The molecule has 0 aliphatic carbocycles. The number of H-pyrrole nitrogens is 1. The first-order valence-corrected chi connectivity index (χ1v) is 7.93. The van der Waals surface area contributed by atoms with Crippen LogP contribution in [0.1, 0.15) is 17.4 Å². The fourth-order valence-corrected chi connectivity index (χ4v) is 2.33. The maximum Gasteiger partial charge on any atom is 0.387 e. The summed E-state index contributed by atoms with van der Waals surface area (Å²) in [5.41, 5.74) is 0.494. The summed E-state index contributed by atoms with van der Waals surface area (Å²) in [7, 11) is 0. The van der Waals surface area contributed by atoms with Crippen molar-refractivity contribution in [1.82, 2.24) is 10.2 Å². The van der Waals surface area contributed by atoms with Crippen molar-refractivity contribution in [2.24, 2.45) is 0 Å². The summed E-state index contributed by atoms with van der Waals surface area (Å²) in [5.74, 6) is -0.486. The van der Waals surface area contributed by atoms with Crippen molar-refractivity contribution in [1.29, 1.82) is 0 Å². The van der Waals surface area contributed by atoms with Crippen LogP contribution in [0.3, 0.4) is 0 Å². The van der Waals surface area contributed by atoms with Crippen LogP contribution in [0.4, 0.5) is 14.5 Å². The normalized spacial score (nSPS) is 10.7. The number of nitrogens with one attached hydrogen (secondary N) is 2. The second-order valence-electron chi connectivity index (χ2n) is 4.13. The third-order valence-corrected chi connectivity index (χ3v) is 4.48. The number of aromatic nitrogens is 2. The van der Waals surface area contributed by atoms with Gasteiger partial charge in [-0.05, 0) is 50.9 Å². The van der Waals surface area contributed by atoms with E-state index in [1.807, 2.05) is 0 Å². The Kier molecular flexibility index (Phi) is 5.94. The molecule has 0 aliphatic heterocycles. The molecule has 0 unspecified atom stereocenters. The highest BCUT2D eigenvalue weighted by molar-refractivity contribution is 9.13. The third-order valence-electron chi connectivity index (χ3n) is 2.60. The van der Waals surface area contributed by atoms with Gasteiger partial charge in [0.1, 0.15) is 4.60 Å². The molecule has 1 heterocycles. The van der Waals surface area contributed by atoms with E-state index in [0.29, 0.717) is 14.8 Å². The van der Waals surface area contributed by atoms with Gasteiger partial charge < -0.3 is 14.8 Å². The standard InChI is InChI=1S/C13H11Br2F2N3O3/c1-2-22-8-5-6(3-4-7(8)23-13(16)17)18-12(21)10-9(14)11(15)20-19-10/h3-5,13H,2H2,1H3,(H,18,21)(H,19,20). The minimum Gasteiger partial charge on any atom is -0.490 e. The van der Waals surface area contributed by atoms with Crippen molar-refractivity contribution in [3.05, 3.63) is 33.0 Å². The molecule has 0 spiro atoms. The quantitative estimate of drug-likeness (QED) is 0.686. The van der Waals surface area contributed by atoms with Gasteiger partial charge in [-0.3, -0.25) is 9.89 Å². The number of carbonyl (C=O) groups excluding carboxylic acids is 1. The van der Waals surface area contributed by atoms with Crippen LogP contribution in [0.5, 0.6) is 11.5 Å². The number of aromatic amines is 1. The Morgan fingerprint density at radius 2 is 2.13 bits per heavy atom. The van der Waals surface area contributed by atoms with E-state index < -0.39 is 12.5 Å². The third kappa shape index (κ3) is 4.41. The van der Waals surface area contributed by atoms with Crippen LogP contribution in [-0.4, -0.2) is 29.3 Å². The van der Waals surface area contributed by atoms with Crippen molar-refractivity contribution in [3.63, 3.8) is 0 Å². The molecule has 0 atom stereocenters. The van der Waals surface area contributed by atoms with Gasteiger partial charge in [-0.2, -0.15) is 13.9 Å². The highest BCUT2D eigenvalue weighted by Gasteiger charge is 2.18. The molecule has 2 aromatic rings. The number of ether oxygens (including phenoxy) is 2. The van der Waals surface area contributed by atoms with Crippen molar-refractivity contribution in [2.45, 2.75) is 13.5 Å². The first-order chi connectivity index (χ1) is 10.9. The van der Waals surface area contributed by atoms with E-state index in [1.165, 1.54) is 18.2 Å². The summed E-state index contributed by atoms with van der Waals surface area (Å²) in [6.45, 7) is -1.00. The fraction of sp³-hybridized carbons (Fsp3) is 0.231. The predicted molar refractivity (Wildman–Crippen MR) is 86.2 cm³/mol. The lowest BCUT2D eigenvalue weighted by molar-refractivity contribution is -0.0514. The summed E-state index contributed by atoms with van der Waals surface area (Å²) in [6, 6.07) is 4.12. The first-order valence-electron chi connectivity index (χ1n) is 6.34. The Morgan fingerprint density at radius 3 is 2.70 bits per heavy atom. The van der Waals surface area contributed by atoms with Crippen molar-refractivity contribution in [3.8, 4) is 11.5 Å². The lowest BCUT2D eigenvalue weighted by Crippen LogP contribution is -2.13. The number of anilines is 1. The topological polar surface area (TPSA) is 76.2 Å². The molecule has 0 fully saturated rings. The zero-order valence-corrected chi connectivity index (χ0v) is 14.9. The van der Waals surface area contributed by atoms with Crippen molar-refractivity contribution in [2.75, 3.05) is 11.9 Å². The van der Waals surface area contributed by atoms with Gasteiger partial charge in [-0.15, -0.1) is 0 Å².